The summed E-state index contributed by atoms with van der Waals surface area (Å²) in [7, 11) is 1.59. The topological polar surface area (TPSA) is 85.6 Å². The number of aromatic nitrogens is 2. The number of para-hydroxylation sites is 1. The fraction of sp³-hybridized carbons (Fsp3) is 0.214. The lowest BCUT2D eigenvalue weighted by Gasteiger charge is -2.18. The van der Waals surface area contributed by atoms with Gasteiger partial charge in [-0.25, -0.2) is 10.4 Å². The number of carbonyl (C=O) groups is 1. The lowest BCUT2D eigenvalue weighted by atomic mass is 9.87. The van der Waals surface area contributed by atoms with E-state index in [4.69, 9.17) is 4.74 Å². The predicted molar refractivity (Wildman–Crippen MR) is 145 cm³/mol. The smallest absolute Gasteiger partial charge is 0.266 e. The van der Waals surface area contributed by atoms with Crippen LogP contribution in [0.25, 0.3) is 16.6 Å². The van der Waals surface area contributed by atoms with E-state index in [9.17, 15) is 9.59 Å². The molecule has 0 saturated carbocycles. The number of nitrogens with zero attached hydrogens (tertiary/aromatic N) is 3. The Bertz CT molecular complexity index is 1450. The van der Waals surface area contributed by atoms with E-state index in [1.54, 1.807) is 55.8 Å². The first-order valence-electron chi connectivity index (χ1n) is 11.5. The largest absolute Gasteiger partial charge is 0.497 e. The predicted octanol–water partition coefficient (Wildman–Crippen LogP) is 4.93. The van der Waals surface area contributed by atoms with Crippen LogP contribution >= 0.6 is 11.8 Å². The van der Waals surface area contributed by atoms with Crippen LogP contribution in [0.2, 0.25) is 0 Å². The maximum absolute atomic E-state index is 13.3. The molecule has 1 N–H and O–H groups in total. The zero-order valence-electron chi connectivity index (χ0n) is 20.7. The molecule has 0 spiro atoms. The molecule has 0 saturated heterocycles. The fourth-order valence-corrected chi connectivity index (χ4v) is 4.38. The van der Waals surface area contributed by atoms with Crippen LogP contribution in [0.4, 0.5) is 0 Å². The molecule has 1 heterocycles. The Morgan fingerprint density at radius 2 is 1.75 bits per heavy atom. The Kier molecular flexibility index (Phi) is 7.55. The van der Waals surface area contributed by atoms with Gasteiger partial charge in [0.2, 0.25) is 0 Å². The monoisotopic (exact) mass is 500 g/mol. The summed E-state index contributed by atoms with van der Waals surface area (Å²) in [6.45, 7) is 6.48. The SMILES string of the molecule is COc1ccc(-n2c(SCC(=O)N/N=C\c3ccc(C(C)(C)C)cc3)nc3ccccc3c2=O)cc1. The number of methoxy groups -OCH3 is 1. The summed E-state index contributed by atoms with van der Waals surface area (Å²) in [5.74, 6) is 0.424. The lowest BCUT2D eigenvalue weighted by Crippen LogP contribution is -2.24. The molecule has 3 aromatic carbocycles. The highest BCUT2D eigenvalue weighted by Gasteiger charge is 2.15. The van der Waals surface area contributed by atoms with E-state index in [1.807, 2.05) is 18.2 Å². The third-order valence-corrected chi connectivity index (χ3v) is 6.53. The number of rotatable bonds is 7. The van der Waals surface area contributed by atoms with Gasteiger partial charge in [-0.3, -0.25) is 14.2 Å². The first kappa shape index (κ1) is 25.2. The molecule has 4 rings (SSSR count). The first-order valence-corrected chi connectivity index (χ1v) is 12.5. The lowest BCUT2D eigenvalue weighted by molar-refractivity contribution is -0.118. The van der Waals surface area contributed by atoms with Crippen LogP contribution in [-0.2, 0) is 10.2 Å². The minimum atomic E-state index is -0.300. The molecule has 0 radical (unpaired) electrons. The number of hydrogen-bond donors (Lipinski definition) is 1. The summed E-state index contributed by atoms with van der Waals surface area (Å²) >= 11 is 1.17. The fourth-order valence-electron chi connectivity index (χ4n) is 3.58. The van der Waals surface area contributed by atoms with Crippen molar-refractivity contribution < 1.29 is 9.53 Å². The third kappa shape index (κ3) is 5.83. The van der Waals surface area contributed by atoms with E-state index in [2.05, 4.69) is 48.4 Å². The second kappa shape index (κ2) is 10.8. The van der Waals surface area contributed by atoms with Crippen LogP contribution in [0, 0.1) is 0 Å². The average molecular weight is 501 g/mol. The van der Waals surface area contributed by atoms with Crippen LogP contribution in [0.3, 0.4) is 0 Å². The van der Waals surface area contributed by atoms with Gasteiger partial charge in [0.05, 0.1) is 35.7 Å². The number of fused-ring (bicyclic) bond motifs is 1. The van der Waals surface area contributed by atoms with Gasteiger partial charge in [0.25, 0.3) is 11.5 Å². The number of hydrogen-bond acceptors (Lipinski definition) is 6. The zero-order valence-corrected chi connectivity index (χ0v) is 21.5. The highest BCUT2D eigenvalue weighted by molar-refractivity contribution is 7.99. The molecule has 4 aromatic rings. The van der Waals surface area contributed by atoms with Crippen LogP contribution in [0.5, 0.6) is 5.75 Å². The molecular formula is C28H28N4O3S. The van der Waals surface area contributed by atoms with Gasteiger partial charge in [-0.05, 0) is 52.9 Å². The number of hydrazone groups is 1. The number of benzene rings is 3. The van der Waals surface area contributed by atoms with Gasteiger partial charge in [-0.15, -0.1) is 0 Å². The van der Waals surface area contributed by atoms with E-state index in [-0.39, 0.29) is 22.6 Å². The van der Waals surface area contributed by atoms with Crippen molar-refractivity contribution >= 4 is 34.8 Å². The van der Waals surface area contributed by atoms with E-state index >= 15 is 0 Å². The highest BCUT2D eigenvalue weighted by atomic mass is 32.2. The molecule has 0 bridgehead atoms. The van der Waals surface area contributed by atoms with Crippen molar-refractivity contribution in [3.63, 3.8) is 0 Å². The Morgan fingerprint density at radius 1 is 1.06 bits per heavy atom. The van der Waals surface area contributed by atoms with E-state index in [0.29, 0.717) is 27.5 Å². The minimum Gasteiger partial charge on any atom is -0.497 e. The maximum Gasteiger partial charge on any atom is 0.266 e. The highest BCUT2D eigenvalue weighted by Crippen LogP contribution is 2.23. The summed E-state index contributed by atoms with van der Waals surface area (Å²) in [6.07, 6.45) is 1.61. The minimum absolute atomic E-state index is 0.0429. The molecule has 0 aliphatic heterocycles. The Balaban J connectivity index is 1.50. The van der Waals surface area contributed by atoms with Crippen molar-refractivity contribution in [3.05, 3.63) is 94.3 Å². The maximum atomic E-state index is 13.3. The molecule has 0 fully saturated rings. The molecular weight excluding hydrogens is 472 g/mol. The van der Waals surface area contributed by atoms with E-state index in [0.717, 1.165) is 5.56 Å². The Morgan fingerprint density at radius 3 is 2.42 bits per heavy atom. The van der Waals surface area contributed by atoms with Crippen LogP contribution in [0.1, 0.15) is 31.9 Å². The Hall–Kier alpha value is -3.91. The van der Waals surface area contributed by atoms with Gasteiger partial charge >= 0.3 is 0 Å². The number of amides is 1. The average Bonchev–Trinajstić information content (AvgIpc) is 2.87. The summed E-state index contributed by atoms with van der Waals surface area (Å²) in [4.78, 5) is 30.5. The summed E-state index contributed by atoms with van der Waals surface area (Å²) in [6, 6.07) is 22.4. The van der Waals surface area contributed by atoms with E-state index < -0.39 is 0 Å². The van der Waals surface area contributed by atoms with Gasteiger partial charge in [-0.2, -0.15) is 5.10 Å². The third-order valence-electron chi connectivity index (χ3n) is 5.59. The van der Waals surface area contributed by atoms with Gasteiger partial charge in [0.1, 0.15) is 5.75 Å². The zero-order chi connectivity index (χ0) is 25.7. The number of ether oxygens (including phenoxy) is 1. The van der Waals surface area contributed by atoms with Gasteiger partial charge in [-0.1, -0.05) is 68.9 Å². The molecule has 0 aliphatic rings. The molecule has 8 heteroatoms. The number of carbonyl (C=O) groups excluding carboxylic acids is 1. The van der Waals surface area contributed by atoms with Gasteiger partial charge in [0.15, 0.2) is 5.16 Å². The van der Waals surface area contributed by atoms with Gasteiger partial charge < -0.3 is 4.74 Å². The molecule has 36 heavy (non-hydrogen) atoms. The number of nitrogens with one attached hydrogen (secondary N) is 1. The summed E-state index contributed by atoms with van der Waals surface area (Å²) in [5.41, 5.74) is 5.75. The van der Waals surface area contributed by atoms with Crippen molar-refractivity contribution in [2.24, 2.45) is 5.10 Å². The van der Waals surface area contributed by atoms with Gasteiger partial charge in [0, 0.05) is 0 Å². The van der Waals surface area contributed by atoms with Crippen LogP contribution in [0.15, 0.2) is 87.8 Å². The van der Waals surface area contributed by atoms with Crippen molar-refractivity contribution in [1.29, 1.82) is 0 Å². The molecule has 7 nitrogen and oxygen atoms in total. The first-order chi connectivity index (χ1) is 17.3. The normalized spacial score (nSPS) is 11.7. The summed E-state index contributed by atoms with van der Waals surface area (Å²) < 4.78 is 6.74. The van der Waals surface area contributed by atoms with Crippen molar-refractivity contribution in [2.75, 3.05) is 12.9 Å². The van der Waals surface area contributed by atoms with Crippen molar-refractivity contribution in [1.82, 2.24) is 15.0 Å². The molecule has 0 aliphatic carbocycles. The summed E-state index contributed by atoms with van der Waals surface area (Å²) in [5, 5.41) is 4.99. The standard InChI is InChI=1S/C28H28N4O3S/c1-28(2,3)20-11-9-19(10-12-20)17-29-31-25(33)18-36-27-30-24-8-6-5-7-23(24)26(34)32(27)21-13-15-22(35-4)16-14-21/h5-17H,18H2,1-4H3,(H,31,33)/b29-17-. The second-order valence-electron chi connectivity index (χ2n) is 9.20. The van der Waals surface area contributed by atoms with Crippen LogP contribution in [-0.4, -0.2) is 34.5 Å². The Labute approximate surface area is 214 Å². The van der Waals surface area contributed by atoms with E-state index in [1.165, 1.54) is 21.9 Å². The molecule has 1 amide bonds. The number of thioether (sulfide) groups is 1. The van der Waals surface area contributed by atoms with Crippen molar-refractivity contribution in [2.45, 2.75) is 31.3 Å². The molecule has 0 atom stereocenters. The molecule has 0 unspecified atom stereocenters. The molecule has 184 valence electrons. The van der Waals surface area contributed by atoms with Crippen molar-refractivity contribution in [3.8, 4) is 11.4 Å². The second-order valence-corrected chi connectivity index (χ2v) is 10.1. The van der Waals surface area contributed by atoms with Crippen LogP contribution < -0.4 is 15.7 Å². The molecule has 1 aromatic heterocycles. The quantitative estimate of drug-likeness (QED) is 0.168.